The molecular formula is C18H20BrN5O. The average molecular weight is 402 g/mol. The van der Waals surface area contributed by atoms with Crippen LogP contribution < -0.4 is 15.4 Å². The van der Waals surface area contributed by atoms with E-state index in [2.05, 4.69) is 36.5 Å². The first-order valence-corrected chi connectivity index (χ1v) is 8.68. The molecule has 2 aromatic heterocycles. The van der Waals surface area contributed by atoms with Crippen LogP contribution in [0.5, 0.6) is 5.75 Å². The van der Waals surface area contributed by atoms with Crippen molar-refractivity contribution in [3.05, 3.63) is 64.5 Å². The van der Waals surface area contributed by atoms with Crippen LogP contribution in [0, 0.1) is 0 Å². The van der Waals surface area contributed by atoms with E-state index >= 15 is 0 Å². The fourth-order valence-corrected chi connectivity index (χ4v) is 2.82. The first-order valence-electron chi connectivity index (χ1n) is 7.88. The predicted molar refractivity (Wildman–Crippen MR) is 103 cm³/mol. The maximum Gasteiger partial charge on any atom is 0.191 e. The minimum atomic E-state index is 0.594. The lowest BCUT2D eigenvalue weighted by molar-refractivity contribution is 0.414. The summed E-state index contributed by atoms with van der Waals surface area (Å²) in [4.78, 5) is 8.83. The van der Waals surface area contributed by atoms with Gasteiger partial charge >= 0.3 is 0 Å². The molecule has 7 heteroatoms. The zero-order valence-electron chi connectivity index (χ0n) is 14.2. The summed E-state index contributed by atoms with van der Waals surface area (Å²) in [5.41, 5.74) is 2.99. The van der Waals surface area contributed by atoms with E-state index in [1.807, 2.05) is 53.2 Å². The Kier molecular flexibility index (Phi) is 5.55. The van der Waals surface area contributed by atoms with Crippen molar-refractivity contribution in [1.29, 1.82) is 0 Å². The molecule has 0 saturated carbocycles. The van der Waals surface area contributed by atoms with Crippen LogP contribution in [0.2, 0.25) is 0 Å². The molecule has 25 heavy (non-hydrogen) atoms. The second kappa shape index (κ2) is 8.02. The zero-order valence-corrected chi connectivity index (χ0v) is 15.7. The molecule has 0 bridgehead atoms. The molecule has 0 amide bonds. The number of fused-ring (bicyclic) bond motifs is 1. The summed E-state index contributed by atoms with van der Waals surface area (Å²) in [6, 6.07) is 11.9. The van der Waals surface area contributed by atoms with E-state index in [1.165, 1.54) is 0 Å². The van der Waals surface area contributed by atoms with Crippen LogP contribution in [-0.4, -0.2) is 29.5 Å². The Morgan fingerprint density at radius 1 is 1.20 bits per heavy atom. The number of benzene rings is 1. The number of ether oxygens (including phenoxy) is 1. The van der Waals surface area contributed by atoms with Crippen molar-refractivity contribution in [2.75, 3.05) is 14.2 Å². The van der Waals surface area contributed by atoms with Crippen LogP contribution in [0.4, 0.5) is 0 Å². The molecule has 0 aliphatic carbocycles. The second-order valence-electron chi connectivity index (χ2n) is 5.48. The summed E-state index contributed by atoms with van der Waals surface area (Å²) in [5, 5.41) is 6.57. The van der Waals surface area contributed by atoms with Gasteiger partial charge in [0, 0.05) is 30.5 Å². The molecule has 0 unspecified atom stereocenters. The number of halogens is 1. The van der Waals surface area contributed by atoms with Gasteiger partial charge in [0.15, 0.2) is 5.96 Å². The molecule has 0 aliphatic rings. The molecule has 6 nitrogen and oxygen atoms in total. The maximum atomic E-state index is 5.24. The third-order valence-electron chi connectivity index (χ3n) is 3.72. The lowest BCUT2D eigenvalue weighted by Crippen LogP contribution is -2.36. The summed E-state index contributed by atoms with van der Waals surface area (Å²) in [6.45, 7) is 1.26. The zero-order chi connectivity index (χ0) is 17.6. The fourth-order valence-electron chi connectivity index (χ4n) is 2.47. The first-order chi connectivity index (χ1) is 12.2. The number of methoxy groups -OCH3 is 1. The standard InChI is InChI=1S/C18H20BrN5O/c1-20-18(21-9-13-4-3-5-16(8-13)25-2)22-10-15-12-24-11-14(19)6-7-17(24)23-15/h3-8,11-12H,9-10H2,1-2H3,(H2,20,21,22). The first kappa shape index (κ1) is 17.3. The molecule has 0 atom stereocenters. The van der Waals surface area contributed by atoms with E-state index in [4.69, 9.17) is 4.74 Å². The third-order valence-corrected chi connectivity index (χ3v) is 4.19. The largest absolute Gasteiger partial charge is 0.497 e. The van der Waals surface area contributed by atoms with Gasteiger partial charge in [0.05, 0.1) is 19.3 Å². The summed E-state index contributed by atoms with van der Waals surface area (Å²) in [7, 11) is 3.42. The lowest BCUT2D eigenvalue weighted by Gasteiger charge is -2.11. The highest BCUT2D eigenvalue weighted by molar-refractivity contribution is 9.10. The Morgan fingerprint density at radius 3 is 2.84 bits per heavy atom. The average Bonchev–Trinajstić information content (AvgIpc) is 3.04. The van der Waals surface area contributed by atoms with Gasteiger partial charge in [-0.25, -0.2) is 4.98 Å². The fraction of sp³-hybridized carbons (Fsp3) is 0.222. The minimum absolute atomic E-state index is 0.594. The van der Waals surface area contributed by atoms with Crippen LogP contribution in [0.3, 0.4) is 0 Å². The van der Waals surface area contributed by atoms with E-state index in [0.717, 1.165) is 33.1 Å². The predicted octanol–water partition coefficient (Wildman–Crippen LogP) is 2.97. The maximum absolute atomic E-state index is 5.24. The quantitative estimate of drug-likeness (QED) is 0.509. The number of hydrogen-bond donors (Lipinski definition) is 2. The highest BCUT2D eigenvalue weighted by Crippen LogP contribution is 2.13. The SMILES string of the molecule is CN=C(NCc1cccc(OC)c1)NCc1cn2cc(Br)ccc2n1. The Labute approximate surface area is 155 Å². The number of pyridine rings is 1. The Balaban J connectivity index is 1.58. The van der Waals surface area contributed by atoms with Gasteiger partial charge in [-0.2, -0.15) is 0 Å². The Bertz CT molecular complexity index is 890. The van der Waals surface area contributed by atoms with Crippen molar-refractivity contribution in [3.8, 4) is 5.75 Å². The molecule has 0 saturated heterocycles. The topological polar surface area (TPSA) is 63.0 Å². The van der Waals surface area contributed by atoms with E-state index in [9.17, 15) is 0 Å². The van der Waals surface area contributed by atoms with Crippen molar-refractivity contribution in [2.45, 2.75) is 13.1 Å². The van der Waals surface area contributed by atoms with E-state index in [0.29, 0.717) is 13.1 Å². The van der Waals surface area contributed by atoms with Crippen molar-refractivity contribution < 1.29 is 4.74 Å². The van der Waals surface area contributed by atoms with Crippen LogP contribution in [0.25, 0.3) is 5.65 Å². The van der Waals surface area contributed by atoms with E-state index in [1.54, 1.807) is 14.2 Å². The van der Waals surface area contributed by atoms with Gasteiger partial charge in [-0.05, 0) is 45.8 Å². The summed E-state index contributed by atoms with van der Waals surface area (Å²) in [6.07, 6.45) is 3.99. The van der Waals surface area contributed by atoms with Gasteiger partial charge < -0.3 is 19.8 Å². The molecule has 3 aromatic rings. The van der Waals surface area contributed by atoms with Crippen molar-refractivity contribution in [2.24, 2.45) is 4.99 Å². The monoisotopic (exact) mass is 401 g/mol. The molecule has 2 heterocycles. The molecule has 130 valence electrons. The summed E-state index contributed by atoms with van der Waals surface area (Å²) < 4.78 is 8.26. The van der Waals surface area contributed by atoms with Crippen molar-refractivity contribution in [3.63, 3.8) is 0 Å². The van der Waals surface area contributed by atoms with Gasteiger partial charge in [-0.3, -0.25) is 4.99 Å². The number of imidazole rings is 1. The van der Waals surface area contributed by atoms with Gasteiger partial charge in [-0.1, -0.05) is 12.1 Å². The summed E-state index contributed by atoms with van der Waals surface area (Å²) in [5.74, 6) is 1.57. The van der Waals surface area contributed by atoms with E-state index in [-0.39, 0.29) is 0 Å². The number of guanidine groups is 1. The summed E-state index contributed by atoms with van der Waals surface area (Å²) >= 11 is 3.47. The highest BCUT2D eigenvalue weighted by Gasteiger charge is 2.04. The number of aromatic nitrogens is 2. The lowest BCUT2D eigenvalue weighted by atomic mass is 10.2. The van der Waals surface area contributed by atoms with Crippen LogP contribution >= 0.6 is 15.9 Å². The van der Waals surface area contributed by atoms with Gasteiger partial charge in [-0.15, -0.1) is 0 Å². The molecule has 0 radical (unpaired) electrons. The molecule has 0 spiro atoms. The van der Waals surface area contributed by atoms with Crippen LogP contribution in [0.15, 0.2) is 58.3 Å². The normalized spacial score (nSPS) is 11.6. The van der Waals surface area contributed by atoms with E-state index < -0.39 is 0 Å². The number of aliphatic imine (C=N–C) groups is 1. The van der Waals surface area contributed by atoms with Gasteiger partial charge in [0.2, 0.25) is 0 Å². The van der Waals surface area contributed by atoms with Gasteiger partial charge in [0.1, 0.15) is 11.4 Å². The van der Waals surface area contributed by atoms with Crippen molar-refractivity contribution >= 4 is 27.5 Å². The minimum Gasteiger partial charge on any atom is -0.497 e. The van der Waals surface area contributed by atoms with Crippen LogP contribution in [-0.2, 0) is 13.1 Å². The molecule has 1 aromatic carbocycles. The number of hydrogen-bond acceptors (Lipinski definition) is 3. The smallest absolute Gasteiger partial charge is 0.191 e. The van der Waals surface area contributed by atoms with Crippen LogP contribution in [0.1, 0.15) is 11.3 Å². The molecule has 0 aliphatic heterocycles. The molecule has 2 N–H and O–H groups in total. The number of rotatable bonds is 5. The van der Waals surface area contributed by atoms with Crippen molar-refractivity contribution in [1.82, 2.24) is 20.0 Å². The number of nitrogens with one attached hydrogen (secondary N) is 2. The Hall–Kier alpha value is -2.54. The Morgan fingerprint density at radius 2 is 2.04 bits per heavy atom. The molecule has 3 rings (SSSR count). The van der Waals surface area contributed by atoms with Gasteiger partial charge in [0.25, 0.3) is 0 Å². The molecule has 0 fully saturated rings. The second-order valence-corrected chi connectivity index (χ2v) is 6.39. The molecular weight excluding hydrogens is 382 g/mol. The number of nitrogens with zero attached hydrogens (tertiary/aromatic N) is 3. The third kappa shape index (κ3) is 4.51. The highest BCUT2D eigenvalue weighted by atomic mass is 79.9.